The number of piperazine rings is 1. The lowest BCUT2D eigenvalue weighted by molar-refractivity contribution is -0.605. The Bertz CT molecular complexity index is 1230. The predicted octanol–water partition coefficient (Wildman–Crippen LogP) is 1.67. The zero-order chi connectivity index (χ0) is 26.5. The molecule has 196 valence electrons. The maximum atomic E-state index is 13.4. The minimum absolute atomic E-state index is 0.127. The number of amides is 1. The number of nitrogens with zero attached hydrogens (tertiary/aromatic N) is 3. The average molecular weight is 511 g/mol. The van der Waals surface area contributed by atoms with Crippen LogP contribution in [0.1, 0.15) is 42.8 Å². The number of dihydropyridines is 1. The topological polar surface area (TPSA) is 128 Å². The normalized spacial score (nSPS) is 18.0. The van der Waals surface area contributed by atoms with E-state index in [0.717, 1.165) is 0 Å². The van der Waals surface area contributed by atoms with Gasteiger partial charge >= 0.3 is 11.9 Å². The Balaban J connectivity index is 1.74. The molecule has 0 aromatic carbocycles. The first kappa shape index (κ1) is 25.8. The van der Waals surface area contributed by atoms with Crippen LogP contribution in [0.4, 0.5) is 0 Å². The van der Waals surface area contributed by atoms with E-state index < -0.39 is 17.9 Å². The van der Waals surface area contributed by atoms with E-state index in [4.69, 9.17) is 13.9 Å². The molecule has 11 heteroatoms. The smallest absolute Gasteiger partial charge is 0.338 e. The van der Waals surface area contributed by atoms with Crippen LogP contribution in [-0.2, 0) is 19.1 Å². The van der Waals surface area contributed by atoms with Crippen LogP contribution in [0.25, 0.3) is 0 Å². The summed E-state index contributed by atoms with van der Waals surface area (Å²) >= 11 is 0. The Morgan fingerprint density at radius 3 is 2.32 bits per heavy atom. The lowest BCUT2D eigenvalue weighted by Gasteiger charge is -2.41. The fourth-order valence-corrected chi connectivity index (χ4v) is 4.63. The summed E-state index contributed by atoms with van der Waals surface area (Å²) in [6.45, 7) is 7.03. The largest absolute Gasteiger partial charge is 0.619 e. The number of nitrogens with one attached hydrogen (secondary N) is 1. The molecule has 0 spiro atoms. The van der Waals surface area contributed by atoms with Gasteiger partial charge in [0.25, 0.3) is 5.91 Å². The van der Waals surface area contributed by atoms with E-state index in [0.29, 0.717) is 48.0 Å². The fraction of sp³-hybridized carbons (Fsp3) is 0.385. The molecule has 2 aliphatic heterocycles. The van der Waals surface area contributed by atoms with E-state index in [-0.39, 0.29) is 36.0 Å². The molecule has 1 N–H and O–H groups in total. The van der Waals surface area contributed by atoms with Crippen molar-refractivity contribution in [3.05, 3.63) is 82.1 Å². The van der Waals surface area contributed by atoms with Crippen molar-refractivity contribution in [2.45, 2.75) is 26.7 Å². The van der Waals surface area contributed by atoms with Gasteiger partial charge in [-0.25, -0.2) is 9.59 Å². The Labute approximate surface area is 214 Å². The third kappa shape index (κ3) is 5.30. The number of allylic oxidation sites excluding steroid dienone is 1. The number of hydrogen-bond donors (Lipinski definition) is 1. The van der Waals surface area contributed by atoms with Gasteiger partial charge in [-0.15, -0.1) is 0 Å². The van der Waals surface area contributed by atoms with Gasteiger partial charge in [0, 0.05) is 43.5 Å². The first-order valence-electron chi connectivity index (χ1n) is 12.2. The lowest BCUT2D eigenvalue weighted by atomic mass is 9.81. The van der Waals surface area contributed by atoms with Gasteiger partial charge in [0.1, 0.15) is 5.82 Å². The van der Waals surface area contributed by atoms with Gasteiger partial charge in [-0.1, -0.05) is 0 Å². The van der Waals surface area contributed by atoms with Crippen molar-refractivity contribution in [3.8, 4) is 0 Å². The average Bonchev–Trinajstić information content (AvgIpc) is 3.43. The Morgan fingerprint density at radius 2 is 1.73 bits per heavy atom. The predicted molar refractivity (Wildman–Crippen MR) is 130 cm³/mol. The standard InChI is InChI=1S/C26H30N4O7/c1-4-35-25(32)20-17(3)27-23(28-11-13-29(14-12-28)24(31)19-9-7-15-37-19)22(26(33)36-5-2)21(20)18-8-6-10-30(34)16-18/h6-10,15-16,21,27H,4-5,11-14H2,1-3H3. The summed E-state index contributed by atoms with van der Waals surface area (Å²) in [6.07, 6.45) is 4.12. The van der Waals surface area contributed by atoms with Crippen LogP contribution >= 0.6 is 0 Å². The summed E-state index contributed by atoms with van der Waals surface area (Å²) in [5.74, 6) is -1.56. The van der Waals surface area contributed by atoms with Crippen LogP contribution in [0.15, 0.2) is 70.0 Å². The molecule has 1 saturated heterocycles. The summed E-state index contributed by atoms with van der Waals surface area (Å²) in [5, 5.41) is 15.4. The van der Waals surface area contributed by atoms with Crippen molar-refractivity contribution in [3.63, 3.8) is 0 Å². The van der Waals surface area contributed by atoms with Crippen LogP contribution in [0.2, 0.25) is 0 Å². The van der Waals surface area contributed by atoms with Gasteiger partial charge in [0.2, 0.25) is 0 Å². The molecule has 0 saturated carbocycles. The number of furan rings is 1. The third-order valence-corrected chi connectivity index (χ3v) is 6.28. The molecule has 1 fully saturated rings. The van der Waals surface area contributed by atoms with E-state index in [1.54, 1.807) is 49.9 Å². The second-order valence-corrected chi connectivity index (χ2v) is 8.55. The van der Waals surface area contributed by atoms with Crippen molar-refractivity contribution in [2.75, 3.05) is 39.4 Å². The minimum atomic E-state index is -0.890. The zero-order valence-electron chi connectivity index (χ0n) is 21.1. The third-order valence-electron chi connectivity index (χ3n) is 6.28. The monoisotopic (exact) mass is 510 g/mol. The van der Waals surface area contributed by atoms with E-state index in [1.165, 1.54) is 18.7 Å². The summed E-state index contributed by atoms with van der Waals surface area (Å²) in [4.78, 5) is 42.8. The van der Waals surface area contributed by atoms with Crippen LogP contribution < -0.4 is 10.0 Å². The molecule has 4 heterocycles. The second-order valence-electron chi connectivity index (χ2n) is 8.55. The van der Waals surface area contributed by atoms with E-state index in [1.807, 2.05) is 4.90 Å². The number of ether oxygens (including phenoxy) is 2. The van der Waals surface area contributed by atoms with Crippen molar-refractivity contribution in [1.82, 2.24) is 15.1 Å². The molecule has 2 aromatic rings. The van der Waals surface area contributed by atoms with Crippen LogP contribution in [0.5, 0.6) is 0 Å². The summed E-state index contributed by atoms with van der Waals surface area (Å²) in [7, 11) is 0. The van der Waals surface area contributed by atoms with Crippen LogP contribution in [0, 0.1) is 5.21 Å². The number of carbonyl (C=O) groups excluding carboxylic acids is 3. The van der Waals surface area contributed by atoms with Crippen molar-refractivity contribution in [2.24, 2.45) is 0 Å². The summed E-state index contributed by atoms with van der Waals surface area (Å²) < 4.78 is 16.6. The highest BCUT2D eigenvalue weighted by atomic mass is 16.5. The van der Waals surface area contributed by atoms with Gasteiger partial charge in [0.15, 0.2) is 18.2 Å². The molecule has 2 aliphatic rings. The zero-order valence-corrected chi connectivity index (χ0v) is 21.1. The summed E-state index contributed by atoms with van der Waals surface area (Å²) in [5.41, 5.74) is 1.38. The second kappa shape index (κ2) is 11.2. The van der Waals surface area contributed by atoms with E-state index >= 15 is 0 Å². The molecule has 1 atom stereocenters. The first-order valence-corrected chi connectivity index (χ1v) is 12.2. The molecule has 0 aliphatic carbocycles. The number of hydrogen-bond acceptors (Lipinski definition) is 9. The molecular formula is C26H30N4O7. The highest BCUT2D eigenvalue weighted by Crippen LogP contribution is 2.40. The quantitative estimate of drug-likeness (QED) is 0.336. The van der Waals surface area contributed by atoms with E-state index in [9.17, 15) is 19.6 Å². The number of pyridine rings is 1. The van der Waals surface area contributed by atoms with Gasteiger partial charge in [-0.05, 0) is 39.0 Å². The minimum Gasteiger partial charge on any atom is -0.619 e. The Morgan fingerprint density at radius 1 is 1.05 bits per heavy atom. The molecule has 0 radical (unpaired) electrons. The van der Waals surface area contributed by atoms with Crippen molar-refractivity contribution < 1.29 is 33.0 Å². The molecule has 1 unspecified atom stereocenters. The van der Waals surface area contributed by atoms with Crippen molar-refractivity contribution in [1.29, 1.82) is 0 Å². The first-order chi connectivity index (χ1) is 17.8. The van der Waals surface area contributed by atoms with Crippen molar-refractivity contribution >= 4 is 17.8 Å². The lowest BCUT2D eigenvalue weighted by Crippen LogP contribution is -2.51. The van der Waals surface area contributed by atoms with Crippen LogP contribution in [-0.4, -0.2) is 67.0 Å². The maximum absolute atomic E-state index is 13.4. The SMILES string of the molecule is CCOC(=O)C1=C(C)NC(N2CCN(C(=O)c3ccco3)CC2)=C(C(=O)OCC)C1c1ccc[n+]([O-])c1. The molecule has 11 nitrogen and oxygen atoms in total. The van der Waals surface area contributed by atoms with Gasteiger partial charge < -0.3 is 34.2 Å². The molecule has 37 heavy (non-hydrogen) atoms. The van der Waals surface area contributed by atoms with Gasteiger partial charge in [-0.3, -0.25) is 4.79 Å². The van der Waals surface area contributed by atoms with E-state index in [2.05, 4.69) is 5.32 Å². The fourth-order valence-electron chi connectivity index (χ4n) is 4.63. The number of esters is 2. The molecule has 0 bridgehead atoms. The maximum Gasteiger partial charge on any atom is 0.338 e. The summed E-state index contributed by atoms with van der Waals surface area (Å²) in [6, 6.07) is 6.53. The Kier molecular flexibility index (Phi) is 7.80. The van der Waals surface area contributed by atoms with Gasteiger partial charge in [0.05, 0.1) is 36.5 Å². The molecule has 1 amide bonds. The highest BCUT2D eigenvalue weighted by molar-refractivity contribution is 5.99. The molecular weight excluding hydrogens is 480 g/mol. The molecule has 2 aromatic heterocycles. The van der Waals surface area contributed by atoms with Gasteiger partial charge in [-0.2, -0.15) is 4.73 Å². The molecule has 4 rings (SSSR count). The highest BCUT2D eigenvalue weighted by Gasteiger charge is 2.42. The Hall–Kier alpha value is -4.28. The number of rotatable bonds is 7. The number of aromatic nitrogens is 1. The van der Waals surface area contributed by atoms with Crippen LogP contribution in [0.3, 0.4) is 0 Å². The number of carbonyl (C=O) groups is 3.